The lowest BCUT2D eigenvalue weighted by atomic mass is 10.2. The van der Waals surface area contributed by atoms with Gasteiger partial charge in [-0.25, -0.2) is 9.59 Å². The van der Waals surface area contributed by atoms with Crippen LogP contribution in [0, 0.1) is 0 Å². The Morgan fingerprint density at radius 1 is 1.48 bits per heavy atom. The van der Waals surface area contributed by atoms with Crippen molar-refractivity contribution in [3.05, 3.63) is 22.7 Å². The largest absolute Gasteiger partial charge is 0.496 e. The van der Waals surface area contributed by atoms with Crippen LogP contribution in [0.5, 0.6) is 5.75 Å². The van der Waals surface area contributed by atoms with Crippen molar-refractivity contribution in [1.82, 2.24) is 5.32 Å². The van der Waals surface area contributed by atoms with Crippen molar-refractivity contribution in [2.24, 2.45) is 0 Å². The van der Waals surface area contributed by atoms with E-state index in [1.54, 1.807) is 25.3 Å². The Hall–Kier alpha value is -1.41. The summed E-state index contributed by atoms with van der Waals surface area (Å²) in [7, 11) is 1.54. The zero-order valence-electron chi connectivity index (χ0n) is 11.7. The Labute approximate surface area is 135 Å². The van der Waals surface area contributed by atoms with Gasteiger partial charge < -0.3 is 20.5 Å². The van der Waals surface area contributed by atoms with Gasteiger partial charge in [-0.05, 0) is 52.6 Å². The number of anilines is 1. The molecule has 0 saturated heterocycles. The Morgan fingerprint density at radius 3 is 2.71 bits per heavy atom. The van der Waals surface area contributed by atoms with Crippen molar-refractivity contribution < 1.29 is 19.4 Å². The number of hydrogen-bond donors (Lipinski definition) is 3. The molecule has 8 heteroatoms. The lowest BCUT2D eigenvalue weighted by Gasteiger charge is -2.15. The monoisotopic (exact) mass is 376 g/mol. The number of amides is 2. The number of benzene rings is 1. The minimum Gasteiger partial charge on any atom is -0.496 e. The van der Waals surface area contributed by atoms with E-state index >= 15 is 0 Å². The van der Waals surface area contributed by atoms with E-state index < -0.39 is 18.0 Å². The number of carboxylic acid groups (broad SMARTS) is 1. The lowest BCUT2D eigenvalue weighted by Crippen LogP contribution is -2.43. The highest BCUT2D eigenvalue weighted by molar-refractivity contribution is 9.10. The van der Waals surface area contributed by atoms with Crippen molar-refractivity contribution in [1.29, 1.82) is 0 Å². The van der Waals surface area contributed by atoms with Gasteiger partial charge in [-0.2, -0.15) is 11.8 Å². The van der Waals surface area contributed by atoms with Crippen molar-refractivity contribution in [2.45, 2.75) is 12.5 Å². The van der Waals surface area contributed by atoms with E-state index in [4.69, 9.17) is 9.84 Å². The first-order chi connectivity index (χ1) is 9.97. The average Bonchev–Trinajstić information content (AvgIpc) is 2.43. The molecule has 6 nitrogen and oxygen atoms in total. The molecular formula is C13H17BrN2O4S. The third kappa shape index (κ3) is 5.84. The van der Waals surface area contributed by atoms with Gasteiger partial charge in [0.2, 0.25) is 0 Å². The van der Waals surface area contributed by atoms with E-state index in [0.717, 1.165) is 0 Å². The molecule has 0 aliphatic rings. The molecule has 3 N–H and O–H groups in total. The van der Waals surface area contributed by atoms with E-state index in [0.29, 0.717) is 28.1 Å². The number of nitrogens with one attached hydrogen (secondary N) is 2. The van der Waals surface area contributed by atoms with Gasteiger partial charge in [-0.3, -0.25) is 0 Å². The van der Waals surface area contributed by atoms with Crippen molar-refractivity contribution in [3.8, 4) is 5.75 Å². The number of urea groups is 1. The van der Waals surface area contributed by atoms with Crippen LogP contribution in [-0.4, -0.2) is 42.3 Å². The smallest absolute Gasteiger partial charge is 0.326 e. The van der Waals surface area contributed by atoms with Gasteiger partial charge in [-0.1, -0.05) is 0 Å². The summed E-state index contributed by atoms with van der Waals surface area (Å²) in [4.78, 5) is 22.9. The fraction of sp³-hybridized carbons (Fsp3) is 0.385. The second kappa shape index (κ2) is 8.78. The molecule has 1 aromatic rings. The second-order valence-corrected chi connectivity index (χ2v) is 5.96. The van der Waals surface area contributed by atoms with Crippen LogP contribution in [0.4, 0.5) is 10.5 Å². The molecule has 0 aliphatic heterocycles. The minimum absolute atomic E-state index is 0.371. The number of carbonyl (C=O) groups is 2. The first-order valence-electron chi connectivity index (χ1n) is 6.10. The topological polar surface area (TPSA) is 87.7 Å². The summed E-state index contributed by atoms with van der Waals surface area (Å²) >= 11 is 4.84. The quantitative estimate of drug-likeness (QED) is 0.680. The number of hydrogen-bond acceptors (Lipinski definition) is 4. The molecule has 21 heavy (non-hydrogen) atoms. The molecule has 1 rings (SSSR count). The maximum absolute atomic E-state index is 11.8. The molecule has 1 aromatic carbocycles. The van der Waals surface area contributed by atoms with Crippen molar-refractivity contribution in [2.75, 3.05) is 24.4 Å². The van der Waals surface area contributed by atoms with Crippen molar-refractivity contribution >= 4 is 45.4 Å². The molecular weight excluding hydrogens is 360 g/mol. The van der Waals surface area contributed by atoms with E-state index in [1.165, 1.54) is 11.8 Å². The molecule has 116 valence electrons. The molecule has 0 aromatic heterocycles. The van der Waals surface area contributed by atoms with E-state index in [2.05, 4.69) is 26.6 Å². The highest BCUT2D eigenvalue weighted by atomic mass is 79.9. The zero-order chi connectivity index (χ0) is 15.8. The third-order valence-corrected chi connectivity index (χ3v) is 3.89. The van der Waals surface area contributed by atoms with Crippen LogP contribution in [0.2, 0.25) is 0 Å². The highest BCUT2D eigenvalue weighted by Crippen LogP contribution is 2.27. The number of carboxylic acids is 1. The fourth-order valence-corrected chi connectivity index (χ4v) is 2.57. The highest BCUT2D eigenvalue weighted by Gasteiger charge is 2.19. The normalized spacial score (nSPS) is 11.6. The van der Waals surface area contributed by atoms with Crippen LogP contribution in [-0.2, 0) is 4.79 Å². The number of aliphatic carboxylic acids is 1. The van der Waals surface area contributed by atoms with Gasteiger partial charge in [0.1, 0.15) is 11.8 Å². The molecule has 0 spiro atoms. The van der Waals surface area contributed by atoms with Crippen LogP contribution < -0.4 is 15.4 Å². The molecule has 0 saturated carbocycles. The van der Waals surface area contributed by atoms with E-state index in [1.807, 2.05) is 6.26 Å². The summed E-state index contributed by atoms with van der Waals surface area (Å²) in [5, 5.41) is 14.1. The predicted octanol–water partition coefficient (Wildman–Crippen LogP) is 2.79. The summed E-state index contributed by atoms with van der Waals surface area (Å²) in [6.07, 6.45) is 2.25. The van der Waals surface area contributed by atoms with Gasteiger partial charge in [0.15, 0.2) is 0 Å². The van der Waals surface area contributed by atoms with Gasteiger partial charge in [-0.15, -0.1) is 0 Å². The Balaban J connectivity index is 2.63. The lowest BCUT2D eigenvalue weighted by molar-refractivity contribution is -0.139. The van der Waals surface area contributed by atoms with Crippen molar-refractivity contribution in [3.63, 3.8) is 0 Å². The van der Waals surface area contributed by atoms with Gasteiger partial charge in [0.25, 0.3) is 0 Å². The summed E-state index contributed by atoms with van der Waals surface area (Å²) in [6.45, 7) is 0. The average molecular weight is 377 g/mol. The molecule has 0 bridgehead atoms. The predicted molar refractivity (Wildman–Crippen MR) is 87.3 cm³/mol. The second-order valence-electron chi connectivity index (χ2n) is 4.12. The number of ether oxygens (including phenoxy) is 1. The first kappa shape index (κ1) is 17.6. The van der Waals surface area contributed by atoms with Crippen LogP contribution in [0.1, 0.15) is 6.42 Å². The SMILES string of the molecule is COc1ccc(NC(=O)NC(CCSC)C(=O)O)cc1Br. The zero-order valence-corrected chi connectivity index (χ0v) is 14.1. The fourth-order valence-electron chi connectivity index (χ4n) is 1.56. The first-order valence-corrected chi connectivity index (χ1v) is 8.29. The van der Waals surface area contributed by atoms with Crippen LogP contribution in [0.15, 0.2) is 22.7 Å². The maximum atomic E-state index is 11.8. The summed E-state index contributed by atoms with van der Waals surface area (Å²) in [6, 6.07) is 3.58. The minimum atomic E-state index is -1.05. The van der Waals surface area contributed by atoms with Gasteiger partial charge >= 0.3 is 12.0 Å². The number of methoxy groups -OCH3 is 1. The molecule has 2 amide bonds. The molecule has 1 atom stereocenters. The molecule has 0 fully saturated rings. The molecule has 1 unspecified atom stereocenters. The number of rotatable bonds is 7. The maximum Gasteiger partial charge on any atom is 0.326 e. The summed E-state index contributed by atoms with van der Waals surface area (Å²) in [5.41, 5.74) is 0.536. The van der Waals surface area contributed by atoms with Gasteiger partial charge in [0.05, 0.1) is 11.6 Å². The summed E-state index contributed by atoms with van der Waals surface area (Å²) in [5.74, 6) is 0.255. The van der Waals surface area contributed by atoms with Crippen LogP contribution in [0.3, 0.4) is 0 Å². The van der Waals surface area contributed by atoms with E-state index in [-0.39, 0.29) is 0 Å². The van der Waals surface area contributed by atoms with Crippen LogP contribution >= 0.6 is 27.7 Å². The molecule has 0 radical (unpaired) electrons. The number of halogens is 1. The number of thioether (sulfide) groups is 1. The molecule has 0 heterocycles. The van der Waals surface area contributed by atoms with Crippen LogP contribution in [0.25, 0.3) is 0 Å². The Morgan fingerprint density at radius 2 is 2.19 bits per heavy atom. The third-order valence-electron chi connectivity index (χ3n) is 2.62. The van der Waals surface area contributed by atoms with E-state index in [9.17, 15) is 9.59 Å². The summed E-state index contributed by atoms with van der Waals surface area (Å²) < 4.78 is 5.78. The molecule has 0 aliphatic carbocycles. The Bertz CT molecular complexity index is 513. The standard InChI is InChI=1S/C13H17BrN2O4S/c1-20-11-4-3-8(7-9(11)14)15-13(19)16-10(12(17)18)5-6-21-2/h3-4,7,10H,5-6H2,1-2H3,(H,17,18)(H2,15,16,19). The Kier molecular flexibility index (Phi) is 7.38. The number of carbonyl (C=O) groups excluding carboxylic acids is 1. The van der Waals surface area contributed by atoms with Gasteiger partial charge in [0, 0.05) is 5.69 Å².